The normalized spacial score (nSPS) is 14.0. The minimum absolute atomic E-state index is 0.00527. The number of benzene rings is 2. The standard InChI is InChI=1S/C21H23F2N3O2/c1-2-25(13-15-16(22)7-5-8-17(15)23)14-20(27)24-18-9-3-4-10-19(18)26-12-6-11-21(26)28/h3-5,7-10H,2,6,11-14H2,1H3,(H,24,27). The third-order valence-corrected chi connectivity index (χ3v) is 4.80. The van der Waals surface area contributed by atoms with Crippen LogP contribution in [0.25, 0.3) is 0 Å². The molecule has 0 radical (unpaired) electrons. The summed E-state index contributed by atoms with van der Waals surface area (Å²) in [6, 6.07) is 10.9. The zero-order valence-corrected chi connectivity index (χ0v) is 15.8. The molecule has 2 amide bonds. The zero-order chi connectivity index (χ0) is 20.1. The van der Waals surface area contributed by atoms with Gasteiger partial charge in [0.25, 0.3) is 0 Å². The van der Waals surface area contributed by atoms with Gasteiger partial charge in [0, 0.05) is 25.1 Å². The number of nitrogens with zero attached hydrogens (tertiary/aromatic N) is 2. The molecule has 1 aliphatic rings. The Morgan fingerprint density at radius 3 is 2.50 bits per heavy atom. The quantitative estimate of drug-likeness (QED) is 0.791. The Bertz CT molecular complexity index is 852. The van der Waals surface area contributed by atoms with Gasteiger partial charge < -0.3 is 10.2 Å². The first-order valence-corrected chi connectivity index (χ1v) is 9.34. The SMILES string of the molecule is CCN(CC(=O)Nc1ccccc1N1CCCC1=O)Cc1c(F)cccc1F. The molecule has 1 N–H and O–H groups in total. The van der Waals surface area contributed by atoms with Gasteiger partial charge in [0.1, 0.15) is 11.6 Å². The van der Waals surface area contributed by atoms with Crippen molar-refractivity contribution in [3.8, 4) is 0 Å². The highest BCUT2D eigenvalue weighted by Crippen LogP contribution is 2.29. The molecular weight excluding hydrogens is 364 g/mol. The van der Waals surface area contributed by atoms with E-state index in [1.807, 2.05) is 13.0 Å². The number of para-hydroxylation sites is 2. The molecule has 7 heteroatoms. The maximum atomic E-state index is 13.9. The summed E-state index contributed by atoms with van der Waals surface area (Å²) >= 11 is 0. The molecule has 0 atom stereocenters. The van der Waals surface area contributed by atoms with Crippen molar-refractivity contribution in [2.45, 2.75) is 26.3 Å². The molecule has 0 aromatic heterocycles. The number of carbonyl (C=O) groups is 2. The number of nitrogens with one attached hydrogen (secondary N) is 1. The topological polar surface area (TPSA) is 52.7 Å². The second-order valence-electron chi connectivity index (χ2n) is 6.72. The zero-order valence-electron chi connectivity index (χ0n) is 15.8. The Hall–Kier alpha value is -2.80. The van der Waals surface area contributed by atoms with Crippen molar-refractivity contribution >= 4 is 23.2 Å². The molecule has 5 nitrogen and oxygen atoms in total. The maximum Gasteiger partial charge on any atom is 0.238 e. The summed E-state index contributed by atoms with van der Waals surface area (Å²) < 4.78 is 27.8. The molecule has 2 aromatic rings. The highest BCUT2D eigenvalue weighted by Gasteiger charge is 2.24. The number of carbonyl (C=O) groups excluding carboxylic acids is 2. The minimum Gasteiger partial charge on any atom is -0.323 e. The smallest absolute Gasteiger partial charge is 0.238 e. The number of hydrogen-bond donors (Lipinski definition) is 1. The van der Waals surface area contributed by atoms with E-state index in [4.69, 9.17) is 0 Å². The van der Waals surface area contributed by atoms with E-state index in [-0.39, 0.29) is 30.5 Å². The Labute approximate surface area is 162 Å². The van der Waals surface area contributed by atoms with Crippen LogP contribution in [-0.4, -0.2) is 36.3 Å². The lowest BCUT2D eigenvalue weighted by Gasteiger charge is -2.23. The van der Waals surface area contributed by atoms with Gasteiger partial charge >= 0.3 is 0 Å². The van der Waals surface area contributed by atoms with E-state index >= 15 is 0 Å². The molecule has 0 spiro atoms. The number of amides is 2. The largest absolute Gasteiger partial charge is 0.323 e. The van der Waals surface area contributed by atoms with Crippen LogP contribution < -0.4 is 10.2 Å². The summed E-state index contributed by atoms with van der Waals surface area (Å²) in [5, 5.41) is 2.83. The summed E-state index contributed by atoms with van der Waals surface area (Å²) in [5.41, 5.74) is 1.16. The Kier molecular flexibility index (Phi) is 6.36. The molecule has 148 valence electrons. The average molecular weight is 387 g/mol. The van der Waals surface area contributed by atoms with Gasteiger partial charge in [0.2, 0.25) is 11.8 Å². The number of halogens is 2. The van der Waals surface area contributed by atoms with Gasteiger partial charge in [-0.2, -0.15) is 0 Å². The van der Waals surface area contributed by atoms with Crippen LogP contribution in [0.4, 0.5) is 20.2 Å². The predicted molar refractivity (Wildman–Crippen MR) is 104 cm³/mol. The second-order valence-corrected chi connectivity index (χ2v) is 6.72. The average Bonchev–Trinajstić information content (AvgIpc) is 3.10. The van der Waals surface area contributed by atoms with Crippen molar-refractivity contribution in [2.24, 2.45) is 0 Å². The van der Waals surface area contributed by atoms with E-state index in [1.165, 1.54) is 18.2 Å². The summed E-state index contributed by atoms with van der Waals surface area (Å²) in [5.74, 6) is -1.53. The van der Waals surface area contributed by atoms with Gasteiger partial charge in [-0.1, -0.05) is 25.1 Å². The van der Waals surface area contributed by atoms with Crippen molar-refractivity contribution in [1.82, 2.24) is 4.90 Å². The van der Waals surface area contributed by atoms with E-state index in [2.05, 4.69) is 5.32 Å². The predicted octanol–water partition coefficient (Wildman–Crippen LogP) is 3.55. The van der Waals surface area contributed by atoms with Crippen LogP contribution in [0.2, 0.25) is 0 Å². The van der Waals surface area contributed by atoms with E-state index in [0.717, 1.165) is 6.42 Å². The van der Waals surface area contributed by atoms with E-state index < -0.39 is 11.6 Å². The van der Waals surface area contributed by atoms with Crippen LogP contribution in [-0.2, 0) is 16.1 Å². The molecule has 1 heterocycles. The van der Waals surface area contributed by atoms with Crippen molar-refractivity contribution in [2.75, 3.05) is 29.9 Å². The maximum absolute atomic E-state index is 13.9. The third-order valence-electron chi connectivity index (χ3n) is 4.80. The van der Waals surface area contributed by atoms with Crippen LogP contribution in [0, 0.1) is 11.6 Å². The van der Waals surface area contributed by atoms with Crippen LogP contribution in [0.5, 0.6) is 0 Å². The molecule has 0 unspecified atom stereocenters. The van der Waals surface area contributed by atoms with Crippen molar-refractivity contribution in [3.63, 3.8) is 0 Å². The van der Waals surface area contributed by atoms with Crippen LogP contribution in [0.15, 0.2) is 42.5 Å². The summed E-state index contributed by atoms with van der Waals surface area (Å²) in [6.07, 6.45) is 1.29. The summed E-state index contributed by atoms with van der Waals surface area (Å²) in [4.78, 5) is 27.9. The van der Waals surface area contributed by atoms with Crippen LogP contribution >= 0.6 is 0 Å². The van der Waals surface area contributed by atoms with E-state index in [9.17, 15) is 18.4 Å². The van der Waals surface area contributed by atoms with E-state index in [0.29, 0.717) is 30.9 Å². The molecule has 3 rings (SSSR count). The van der Waals surface area contributed by atoms with Gasteiger partial charge in [-0.05, 0) is 37.2 Å². The first-order valence-electron chi connectivity index (χ1n) is 9.34. The fourth-order valence-electron chi connectivity index (χ4n) is 3.30. The third kappa shape index (κ3) is 4.54. The second kappa shape index (κ2) is 8.93. The molecule has 0 aliphatic carbocycles. The first-order chi connectivity index (χ1) is 13.5. The lowest BCUT2D eigenvalue weighted by molar-refractivity contribution is -0.118. The van der Waals surface area contributed by atoms with E-state index in [1.54, 1.807) is 28.0 Å². The lowest BCUT2D eigenvalue weighted by atomic mass is 10.2. The number of rotatable bonds is 7. The first kappa shape index (κ1) is 19.9. The van der Waals surface area contributed by atoms with Gasteiger partial charge in [0.05, 0.1) is 17.9 Å². The highest BCUT2D eigenvalue weighted by molar-refractivity contribution is 6.02. The van der Waals surface area contributed by atoms with Crippen molar-refractivity contribution in [3.05, 3.63) is 59.7 Å². The summed E-state index contributed by atoms with van der Waals surface area (Å²) in [7, 11) is 0. The fraction of sp³-hybridized carbons (Fsp3) is 0.333. The Morgan fingerprint density at radius 1 is 1.14 bits per heavy atom. The lowest BCUT2D eigenvalue weighted by Crippen LogP contribution is -2.34. The van der Waals surface area contributed by atoms with Crippen LogP contribution in [0.1, 0.15) is 25.3 Å². The van der Waals surface area contributed by atoms with Gasteiger partial charge in [-0.15, -0.1) is 0 Å². The number of hydrogen-bond acceptors (Lipinski definition) is 3. The number of likely N-dealkylation sites (N-methyl/N-ethyl adjacent to an activating group) is 1. The van der Waals surface area contributed by atoms with Gasteiger partial charge in [0.15, 0.2) is 0 Å². The van der Waals surface area contributed by atoms with Crippen LogP contribution in [0.3, 0.4) is 0 Å². The molecule has 0 bridgehead atoms. The van der Waals surface area contributed by atoms with Gasteiger partial charge in [-0.25, -0.2) is 8.78 Å². The molecule has 2 aromatic carbocycles. The molecule has 1 aliphatic heterocycles. The van der Waals surface area contributed by atoms with Crippen molar-refractivity contribution in [1.29, 1.82) is 0 Å². The molecule has 1 saturated heterocycles. The Morgan fingerprint density at radius 2 is 1.86 bits per heavy atom. The highest BCUT2D eigenvalue weighted by atomic mass is 19.1. The monoisotopic (exact) mass is 387 g/mol. The molecule has 1 fully saturated rings. The molecule has 28 heavy (non-hydrogen) atoms. The Balaban J connectivity index is 1.69. The summed E-state index contributed by atoms with van der Waals surface area (Å²) in [6.45, 7) is 2.87. The fourth-order valence-corrected chi connectivity index (χ4v) is 3.30. The number of anilines is 2. The van der Waals surface area contributed by atoms with Gasteiger partial charge in [-0.3, -0.25) is 14.5 Å². The minimum atomic E-state index is -0.628. The van der Waals surface area contributed by atoms with Crippen molar-refractivity contribution < 1.29 is 18.4 Å². The molecule has 0 saturated carbocycles. The molecular formula is C21H23F2N3O2.